The van der Waals surface area contributed by atoms with Gasteiger partial charge in [-0.1, -0.05) is 6.92 Å². The summed E-state index contributed by atoms with van der Waals surface area (Å²) in [5.74, 6) is 0.396. The predicted molar refractivity (Wildman–Crippen MR) is 95.8 cm³/mol. The maximum atomic E-state index is 12.5. The maximum absolute atomic E-state index is 12.5. The smallest absolute Gasteiger partial charge is 0.271 e. The monoisotopic (exact) mass is 358 g/mol. The largest absolute Gasteiger partial charge is 0.373 e. The molecule has 0 spiro atoms. The second-order valence-corrected chi connectivity index (χ2v) is 7.10. The molecule has 2 aliphatic rings. The number of imidazole rings is 1. The number of H-pyrrole nitrogens is 1. The lowest BCUT2D eigenvalue weighted by atomic mass is 10.0. The highest BCUT2D eigenvalue weighted by atomic mass is 16.5. The summed E-state index contributed by atoms with van der Waals surface area (Å²) >= 11 is 0. The number of aromatic amines is 1. The van der Waals surface area contributed by atoms with Crippen molar-refractivity contribution in [1.82, 2.24) is 30.0 Å². The number of carbonyl (C=O) groups is 1. The molecule has 1 saturated carbocycles. The molecular weight excluding hydrogens is 332 g/mol. The number of nitrogens with one attached hydrogen (secondary N) is 2. The summed E-state index contributed by atoms with van der Waals surface area (Å²) in [6.07, 6.45) is 5.92. The Balaban J connectivity index is 1.44. The topological polar surface area (TPSA) is 88.1 Å². The second kappa shape index (κ2) is 7.20. The van der Waals surface area contributed by atoms with Gasteiger partial charge in [-0.25, -0.2) is 4.98 Å². The molecule has 2 N–H and O–H groups in total. The van der Waals surface area contributed by atoms with E-state index in [-0.39, 0.29) is 18.1 Å². The standard InChI is InChI=1S/C18H26N6O2/c1-3-24-6-7-26-16(17(24)15-9-19-11-23(15)2)10-20-18(25)14-8-13(21-22-14)12-4-5-12/h8-9,11-12,16-17H,3-7,10H2,1-2H3,(H,20,25)(H,21,22)/t16-,17-/m0/s1. The van der Waals surface area contributed by atoms with Crippen molar-refractivity contribution in [1.29, 1.82) is 0 Å². The molecule has 1 amide bonds. The Morgan fingerprint density at radius 2 is 2.31 bits per heavy atom. The first-order valence-corrected chi connectivity index (χ1v) is 9.32. The van der Waals surface area contributed by atoms with Gasteiger partial charge in [0.2, 0.25) is 0 Å². The molecule has 0 unspecified atom stereocenters. The summed E-state index contributed by atoms with van der Waals surface area (Å²) in [5.41, 5.74) is 2.61. The van der Waals surface area contributed by atoms with Gasteiger partial charge >= 0.3 is 0 Å². The molecule has 0 bridgehead atoms. The molecule has 8 heteroatoms. The number of morpholine rings is 1. The second-order valence-electron chi connectivity index (χ2n) is 7.10. The van der Waals surface area contributed by atoms with E-state index >= 15 is 0 Å². The molecule has 3 heterocycles. The Morgan fingerprint density at radius 1 is 1.46 bits per heavy atom. The lowest BCUT2D eigenvalue weighted by Gasteiger charge is -2.40. The van der Waals surface area contributed by atoms with Gasteiger partial charge in [-0.05, 0) is 25.5 Å². The number of hydrogen-bond donors (Lipinski definition) is 2. The highest BCUT2D eigenvalue weighted by Gasteiger charge is 2.35. The fourth-order valence-corrected chi connectivity index (χ4v) is 3.68. The Labute approximate surface area is 152 Å². The van der Waals surface area contributed by atoms with E-state index in [1.165, 1.54) is 12.8 Å². The summed E-state index contributed by atoms with van der Waals surface area (Å²) in [5, 5.41) is 10.1. The molecule has 1 saturated heterocycles. The van der Waals surface area contributed by atoms with Crippen molar-refractivity contribution < 1.29 is 9.53 Å². The first-order valence-electron chi connectivity index (χ1n) is 9.32. The van der Waals surface area contributed by atoms with Crippen LogP contribution in [0.3, 0.4) is 0 Å². The van der Waals surface area contributed by atoms with Crippen LogP contribution >= 0.6 is 0 Å². The molecule has 26 heavy (non-hydrogen) atoms. The van der Waals surface area contributed by atoms with Crippen LogP contribution in [-0.2, 0) is 11.8 Å². The fraction of sp³-hybridized carbons (Fsp3) is 0.611. The van der Waals surface area contributed by atoms with E-state index in [2.05, 4.69) is 32.3 Å². The zero-order valence-electron chi connectivity index (χ0n) is 15.3. The number of ether oxygens (including phenoxy) is 1. The van der Waals surface area contributed by atoms with E-state index < -0.39 is 0 Å². The molecule has 4 rings (SSSR count). The predicted octanol–water partition coefficient (Wildman–Crippen LogP) is 1.21. The number of rotatable bonds is 6. The number of aromatic nitrogens is 4. The zero-order valence-corrected chi connectivity index (χ0v) is 15.3. The van der Waals surface area contributed by atoms with Crippen molar-refractivity contribution in [3.05, 3.63) is 35.7 Å². The van der Waals surface area contributed by atoms with Crippen LogP contribution in [0.1, 0.15) is 53.6 Å². The van der Waals surface area contributed by atoms with E-state index in [9.17, 15) is 4.79 Å². The zero-order chi connectivity index (χ0) is 18.1. The Morgan fingerprint density at radius 3 is 3.00 bits per heavy atom. The van der Waals surface area contributed by atoms with Gasteiger partial charge in [0.1, 0.15) is 5.69 Å². The summed E-state index contributed by atoms with van der Waals surface area (Å²) in [7, 11) is 1.99. The molecule has 140 valence electrons. The molecule has 2 atom stereocenters. The maximum Gasteiger partial charge on any atom is 0.271 e. The van der Waals surface area contributed by atoms with Crippen molar-refractivity contribution in [3.63, 3.8) is 0 Å². The number of carbonyl (C=O) groups excluding carboxylic acids is 1. The number of aryl methyl sites for hydroxylation is 1. The molecule has 0 radical (unpaired) electrons. The number of likely N-dealkylation sites (N-methyl/N-ethyl adjacent to an activating group) is 1. The lowest BCUT2D eigenvalue weighted by molar-refractivity contribution is -0.0706. The lowest BCUT2D eigenvalue weighted by Crippen LogP contribution is -2.50. The van der Waals surface area contributed by atoms with E-state index in [0.717, 1.165) is 24.5 Å². The Hall–Kier alpha value is -2.19. The van der Waals surface area contributed by atoms with E-state index in [4.69, 9.17) is 4.74 Å². The molecule has 0 aromatic carbocycles. The minimum atomic E-state index is -0.158. The van der Waals surface area contributed by atoms with Crippen LogP contribution in [-0.4, -0.2) is 62.9 Å². The molecule has 2 fully saturated rings. The van der Waals surface area contributed by atoms with Gasteiger partial charge in [-0.15, -0.1) is 0 Å². The third kappa shape index (κ3) is 3.39. The van der Waals surface area contributed by atoms with Crippen molar-refractivity contribution in [2.24, 2.45) is 7.05 Å². The van der Waals surface area contributed by atoms with Crippen LogP contribution in [0.5, 0.6) is 0 Å². The first kappa shape index (κ1) is 17.2. The van der Waals surface area contributed by atoms with Crippen LogP contribution in [0, 0.1) is 0 Å². The third-order valence-electron chi connectivity index (χ3n) is 5.33. The van der Waals surface area contributed by atoms with Gasteiger partial charge in [0.05, 0.1) is 30.8 Å². The number of nitrogens with zero attached hydrogens (tertiary/aromatic N) is 4. The number of hydrogen-bond acceptors (Lipinski definition) is 5. The van der Waals surface area contributed by atoms with Crippen molar-refractivity contribution in [3.8, 4) is 0 Å². The van der Waals surface area contributed by atoms with Gasteiger partial charge in [0, 0.05) is 37.9 Å². The van der Waals surface area contributed by atoms with E-state index in [1.54, 1.807) is 6.33 Å². The van der Waals surface area contributed by atoms with Crippen molar-refractivity contribution in [2.75, 3.05) is 26.2 Å². The fourth-order valence-electron chi connectivity index (χ4n) is 3.68. The molecule has 1 aliphatic heterocycles. The normalized spacial score (nSPS) is 23.9. The molecular formula is C18H26N6O2. The van der Waals surface area contributed by atoms with Crippen LogP contribution < -0.4 is 5.32 Å². The highest BCUT2D eigenvalue weighted by Crippen LogP contribution is 2.39. The van der Waals surface area contributed by atoms with Crippen LogP contribution in [0.4, 0.5) is 0 Å². The van der Waals surface area contributed by atoms with E-state index in [0.29, 0.717) is 24.8 Å². The molecule has 1 aliphatic carbocycles. The minimum Gasteiger partial charge on any atom is -0.373 e. The summed E-state index contributed by atoms with van der Waals surface area (Å²) in [6, 6.07) is 1.94. The third-order valence-corrected chi connectivity index (χ3v) is 5.33. The van der Waals surface area contributed by atoms with E-state index in [1.807, 2.05) is 23.9 Å². The van der Waals surface area contributed by atoms with Crippen molar-refractivity contribution >= 4 is 5.91 Å². The quantitative estimate of drug-likeness (QED) is 0.810. The average Bonchev–Trinajstić information content (AvgIpc) is 3.23. The van der Waals surface area contributed by atoms with Gasteiger partial charge in [-0.2, -0.15) is 5.10 Å². The summed E-state index contributed by atoms with van der Waals surface area (Å²) < 4.78 is 8.04. The SMILES string of the molecule is CCN1CCO[C@@H](CNC(=O)c2cc(C3CC3)[nH]n2)[C@@H]1c1cncn1C. The minimum absolute atomic E-state index is 0.0720. The summed E-state index contributed by atoms with van der Waals surface area (Å²) in [6.45, 7) is 5.05. The molecule has 8 nitrogen and oxygen atoms in total. The van der Waals surface area contributed by atoms with Gasteiger partial charge in [0.15, 0.2) is 0 Å². The van der Waals surface area contributed by atoms with Gasteiger partial charge in [-0.3, -0.25) is 14.8 Å². The summed E-state index contributed by atoms with van der Waals surface area (Å²) in [4.78, 5) is 19.1. The highest BCUT2D eigenvalue weighted by molar-refractivity contribution is 5.92. The van der Waals surface area contributed by atoms with Crippen LogP contribution in [0.25, 0.3) is 0 Å². The Bertz CT molecular complexity index is 765. The van der Waals surface area contributed by atoms with Crippen LogP contribution in [0.2, 0.25) is 0 Å². The van der Waals surface area contributed by atoms with Crippen LogP contribution in [0.15, 0.2) is 18.6 Å². The van der Waals surface area contributed by atoms with Gasteiger partial charge < -0.3 is 14.6 Å². The molecule has 2 aromatic heterocycles. The van der Waals surface area contributed by atoms with Gasteiger partial charge in [0.25, 0.3) is 5.91 Å². The van der Waals surface area contributed by atoms with Crippen molar-refractivity contribution in [2.45, 2.75) is 37.8 Å². The Kier molecular flexibility index (Phi) is 4.78. The number of amides is 1. The average molecular weight is 358 g/mol. The molecule has 2 aromatic rings. The first-order chi connectivity index (χ1) is 12.7.